The van der Waals surface area contributed by atoms with Crippen molar-refractivity contribution in [1.82, 2.24) is 4.98 Å². The summed E-state index contributed by atoms with van der Waals surface area (Å²) in [5.74, 6) is 0.452. The van der Waals surface area contributed by atoms with Crippen molar-refractivity contribution in [2.24, 2.45) is 0 Å². The van der Waals surface area contributed by atoms with Gasteiger partial charge in [0, 0.05) is 16.9 Å². The third-order valence-electron chi connectivity index (χ3n) is 3.90. The summed E-state index contributed by atoms with van der Waals surface area (Å²) in [5, 5.41) is 1.23. The van der Waals surface area contributed by atoms with Crippen molar-refractivity contribution >= 4 is 10.9 Å². The van der Waals surface area contributed by atoms with Crippen LogP contribution in [0, 0.1) is 0 Å². The zero-order chi connectivity index (χ0) is 12.1. The van der Waals surface area contributed by atoms with E-state index in [0.717, 1.165) is 11.2 Å². The molecule has 1 nitrogen and oxygen atoms in total. The van der Waals surface area contributed by atoms with Crippen molar-refractivity contribution in [2.75, 3.05) is 0 Å². The summed E-state index contributed by atoms with van der Waals surface area (Å²) < 4.78 is 0. The maximum absolute atomic E-state index is 4.85. The third-order valence-corrected chi connectivity index (χ3v) is 3.90. The van der Waals surface area contributed by atoms with Gasteiger partial charge in [-0.05, 0) is 23.3 Å². The smallest absolute Gasteiger partial charge is 0.0750 e. The molecule has 0 fully saturated rings. The van der Waals surface area contributed by atoms with E-state index in [1.54, 1.807) is 0 Å². The molecule has 4 rings (SSSR count). The van der Waals surface area contributed by atoms with E-state index in [4.69, 9.17) is 4.98 Å². The van der Waals surface area contributed by atoms with Gasteiger partial charge in [-0.25, -0.2) is 4.98 Å². The van der Waals surface area contributed by atoms with E-state index in [0.29, 0.717) is 5.92 Å². The molecule has 1 heterocycles. The predicted octanol–water partition coefficient (Wildman–Crippen LogP) is 4.37. The molecule has 1 unspecified atom stereocenters. The molecule has 1 heteroatoms. The van der Waals surface area contributed by atoms with Gasteiger partial charge in [-0.2, -0.15) is 0 Å². The highest BCUT2D eigenvalue weighted by molar-refractivity contribution is 5.87. The molecule has 1 aliphatic rings. The normalized spacial score (nSPS) is 16.6. The first-order chi connectivity index (χ1) is 8.84. The van der Waals surface area contributed by atoms with Gasteiger partial charge in [0.05, 0.1) is 11.2 Å². The Balaban J connectivity index is 2.10. The fourth-order valence-corrected chi connectivity index (χ4v) is 2.94. The van der Waals surface area contributed by atoms with Gasteiger partial charge < -0.3 is 0 Å². The lowest BCUT2D eigenvalue weighted by atomic mass is 9.99. The van der Waals surface area contributed by atoms with Crippen molar-refractivity contribution in [1.29, 1.82) is 0 Å². The van der Waals surface area contributed by atoms with E-state index < -0.39 is 0 Å². The van der Waals surface area contributed by atoms with E-state index in [2.05, 4.69) is 55.5 Å². The first kappa shape index (κ1) is 9.84. The standard InChI is InChI=1S/C17H13N/c1-11-13-7-3-4-8-14(13)17-15(11)10-12-6-2-5-9-16(12)18-17/h2-11H,1H3. The molecule has 0 radical (unpaired) electrons. The molecule has 0 bridgehead atoms. The highest BCUT2D eigenvalue weighted by Crippen LogP contribution is 2.44. The highest BCUT2D eigenvalue weighted by Gasteiger charge is 2.26. The number of fused-ring (bicyclic) bond motifs is 4. The van der Waals surface area contributed by atoms with Gasteiger partial charge in [0.2, 0.25) is 0 Å². The average Bonchev–Trinajstić information content (AvgIpc) is 2.71. The van der Waals surface area contributed by atoms with Crippen LogP contribution in [0.25, 0.3) is 22.2 Å². The molecule has 86 valence electrons. The number of nitrogens with zero attached hydrogens (tertiary/aromatic N) is 1. The van der Waals surface area contributed by atoms with Crippen LogP contribution in [0.4, 0.5) is 0 Å². The van der Waals surface area contributed by atoms with Crippen LogP contribution in [0.1, 0.15) is 24.0 Å². The van der Waals surface area contributed by atoms with Gasteiger partial charge >= 0.3 is 0 Å². The fraction of sp³-hybridized carbons (Fsp3) is 0.118. The van der Waals surface area contributed by atoms with Gasteiger partial charge in [0.25, 0.3) is 0 Å². The summed E-state index contributed by atoms with van der Waals surface area (Å²) in [4.78, 5) is 4.85. The number of benzene rings is 2. The van der Waals surface area contributed by atoms with E-state index in [9.17, 15) is 0 Å². The van der Waals surface area contributed by atoms with Crippen LogP contribution in [0.2, 0.25) is 0 Å². The molecule has 1 aromatic heterocycles. The summed E-state index contributed by atoms with van der Waals surface area (Å²) in [6.45, 7) is 2.26. The second-order valence-corrected chi connectivity index (χ2v) is 4.93. The summed E-state index contributed by atoms with van der Waals surface area (Å²) in [6, 6.07) is 19.2. The summed E-state index contributed by atoms with van der Waals surface area (Å²) >= 11 is 0. The molecule has 0 saturated heterocycles. The zero-order valence-corrected chi connectivity index (χ0v) is 10.2. The largest absolute Gasteiger partial charge is 0.247 e. The van der Waals surface area contributed by atoms with Crippen LogP contribution in [-0.4, -0.2) is 4.98 Å². The second kappa shape index (κ2) is 3.42. The Kier molecular flexibility index (Phi) is 1.87. The van der Waals surface area contributed by atoms with Crippen molar-refractivity contribution in [3.05, 3.63) is 65.7 Å². The van der Waals surface area contributed by atoms with Crippen molar-refractivity contribution in [3.8, 4) is 11.3 Å². The zero-order valence-electron chi connectivity index (χ0n) is 10.2. The van der Waals surface area contributed by atoms with Crippen molar-refractivity contribution in [2.45, 2.75) is 12.8 Å². The SMILES string of the molecule is CC1c2ccccc2-c2nc3ccccc3cc21. The van der Waals surface area contributed by atoms with Gasteiger partial charge in [-0.15, -0.1) is 0 Å². The maximum Gasteiger partial charge on any atom is 0.0750 e. The number of rotatable bonds is 0. The molecule has 0 saturated carbocycles. The molecule has 1 aliphatic carbocycles. The van der Waals surface area contributed by atoms with Crippen LogP contribution in [0.3, 0.4) is 0 Å². The Bertz CT molecular complexity index is 758. The molecule has 0 spiro atoms. The summed E-state index contributed by atoms with van der Waals surface area (Å²) in [6.07, 6.45) is 0. The van der Waals surface area contributed by atoms with E-state index >= 15 is 0 Å². The van der Waals surface area contributed by atoms with E-state index in [1.807, 2.05) is 6.07 Å². The topological polar surface area (TPSA) is 12.9 Å². The third kappa shape index (κ3) is 1.19. The molecule has 18 heavy (non-hydrogen) atoms. The molecule has 0 N–H and O–H groups in total. The molecule has 2 aromatic carbocycles. The van der Waals surface area contributed by atoms with E-state index in [-0.39, 0.29) is 0 Å². The quantitative estimate of drug-likeness (QED) is 0.560. The Labute approximate surface area is 106 Å². The number of aromatic nitrogens is 1. The van der Waals surface area contributed by atoms with Crippen LogP contribution >= 0.6 is 0 Å². The number of hydrogen-bond acceptors (Lipinski definition) is 1. The lowest BCUT2D eigenvalue weighted by molar-refractivity contribution is 0.955. The van der Waals surface area contributed by atoms with Gasteiger partial charge in [0.1, 0.15) is 0 Å². The maximum atomic E-state index is 4.85. The Morgan fingerprint density at radius 2 is 1.67 bits per heavy atom. The summed E-state index contributed by atoms with van der Waals surface area (Å²) in [7, 11) is 0. The number of para-hydroxylation sites is 1. The molecule has 0 amide bonds. The molecular formula is C17H13N. The predicted molar refractivity (Wildman–Crippen MR) is 74.7 cm³/mol. The fourth-order valence-electron chi connectivity index (χ4n) is 2.94. The van der Waals surface area contributed by atoms with Crippen LogP contribution in [0.5, 0.6) is 0 Å². The molecule has 0 aliphatic heterocycles. The second-order valence-electron chi connectivity index (χ2n) is 4.93. The first-order valence-corrected chi connectivity index (χ1v) is 6.33. The van der Waals surface area contributed by atoms with Crippen LogP contribution in [0.15, 0.2) is 54.6 Å². The Morgan fingerprint density at radius 1 is 0.889 bits per heavy atom. The minimum atomic E-state index is 0.452. The van der Waals surface area contributed by atoms with E-state index in [1.165, 1.54) is 22.1 Å². The highest BCUT2D eigenvalue weighted by atomic mass is 14.7. The van der Waals surface area contributed by atoms with Gasteiger partial charge in [0.15, 0.2) is 0 Å². The minimum absolute atomic E-state index is 0.452. The average molecular weight is 231 g/mol. The van der Waals surface area contributed by atoms with Gasteiger partial charge in [-0.3, -0.25) is 0 Å². The lowest BCUT2D eigenvalue weighted by Gasteiger charge is -2.06. The minimum Gasteiger partial charge on any atom is -0.247 e. The van der Waals surface area contributed by atoms with Crippen LogP contribution < -0.4 is 0 Å². The number of pyridine rings is 1. The molecule has 1 atom stereocenters. The van der Waals surface area contributed by atoms with Crippen molar-refractivity contribution in [3.63, 3.8) is 0 Å². The molecule has 3 aromatic rings. The Morgan fingerprint density at radius 3 is 2.61 bits per heavy atom. The first-order valence-electron chi connectivity index (χ1n) is 6.33. The lowest BCUT2D eigenvalue weighted by Crippen LogP contribution is -1.90. The van der Waals surface area contributed by atoms with Crippen LogP contribution in [-0.2, 0) is 0 Å². The number of hydrogen-bond donors (Lipinski definition) is 0. The van der Waals surface area contributed by atoms with Crippen molar-refractivity contribution < 1.29 is 0 Å². The monoisotopic (exact) mass is 231 g/mol. The van der Waals surface area contributed by atoms with Gasteiger partial charge in [-0.1, -0.05) is 49.4 Å². The molecular weight excluding hydrogens is 218 g/mol. The summed E-state index contributed by atoms with van der Waals surface area (Å²) in [5.41, 5.74) is 6.30. The Hall–Kier alpha value is -2.15.